The van der Waals surface area contributed by atoms with Gasteiger partial charge in [0.2, 0.25) is 0 Å². The minimum Gasteiger partial charge on any atom is -0.236 e. The molecule has 3 nitrogen and oxygen atoms in total. The summed E-state index contributed by atoms with van der Waals surface area (Å²) >= 11 is 0. The molecular formula is C11H15N3. The molecule has 3 heteroatoms. The topological polar surface area (TPSA) is 37.6 Å². The first-order chi connectivity index (χ1) is 6.58. The molecule has 1 aromatic heterocycles. The lowest BCUT2D eigenvalue weighted by Gasteiger charge is -2.12. The maximum absolute atomic E-state index is 4.08. The lowest BCUT2D eigenvalue weighted by atomic mass is 9.98. The van der Waals surface area contributed by atoms with Crippen LogP contribution in [-0.4, -0.2) is 17.5 Å². The molecule has 0 aliphatic heterocycles. The van der Waals surface area contributed by atoms with Crippen LogP contribution in [0.25, 0.3) is 0 Å². The standard InChI is InChI=1S/C11H15N3/c1-11(2,3)8-12-9-14-10-6-4-5-7-13-10/h4-7H,8H2,1-3H3. The minimum atomic E-state index is 0.187. The van der Waals surface area contributed by atoms with Crippen LogP contribution < -0.4 is 0 Å². The Labute approximate surface area is 84.6 Å². The third-order valence-corrected chi connectivity index (χ3v) is 1.44. The van der Waals surface area contributed by atoms with Crippen LogP contribution in [0.1, 0.15) is 20.8 Å². The van der Waals surface area contributed by atoms with Crippen molar-refractivity contribution < 1.29 is 0 Å². The molecule has 1 rings (SSSR count). The van der Waals surface area contributed by atoms with Crippen LogP contribution in [0.4, 0.5) is 5.82 Å². The summed E-state index contributed by atoms with van der Waals surface area (Å²) in [5.41, 5.74) is 0.187. The highest BCUT2D eigenvalue weighted by molar-refractivity contribution is 5.48. The molecule has 0 saturated heterocycles. The van der Waals surface area contributed by atoms with Crippen molar-refractivity contribution in [3.63, 3.8) is 0 Å². The van der Waals surface area contributed by atoms with Gasteiger partial charge in [0.25, 0.3) is 0 Å². The molecule has 0 aliphatic rings. The minimum absolute atomic E-state index is 0.187. The predicted octanol–water partition coefficient (Wildman–Crippen LogP) is 2.93. The summed E-state index contributed by atoms with van der Waals surface area (Å²) in [7, 11) is 0. The molecule has 0 amide bonds. The highest BCUT2D eigenvalue weighted by Gasteiger charge is 2.07. The van der Waals surface area contributed by atoms with Gasteiger partial charge in [0.05, 0.1) is 12.6 Å². The van der Waals surface area contributed by atoms with E-state index in [1.807, 2.05) is 18.2 Å². The van der Waals surface area contributed by atoms with E-state index in [-0.39, 0.29) is 5.41 Å². The molecule has 0 atom stereocenters. The van der Waals surface area contributed by atoms with Crippen LogP contribution in [0.2, 0.25) is 0 Å². The number of aliphatic imine (C=N–C) groups is 2. The van der Waals surface area contributed by atoms with E-state index >= 15 is 0 Å². The van der Waals surface area contributed by atoms with Gasteiger partial charge in [0.15, 0.2) is 5.82 Å². The lowest BCUT2D eigenvalue weighted by molar-refractivity contribution is 0.430. The van der Waals surface area contributed by atoms with Gasteiger partial charge in [-0.2, -0.15) is 4.99 Å². The zero-order valence-electron chi connectivity index (χ0n) is 8.86. The third kappa shape index (κ3) is 4.53. The SMILES string of the molecule is CC(C)(C)CN=C=Nc1ccccn1. The van der Waals surface area contributed by atoms with Crippen molar-refractivity contribution in [2.45, 2.75) is 20.8 Å². The summed E-state index contributed by atoms with van der Waals surface area (Å²) in [5.74, 6) is 0.644. The van der Waals surface area contributed by atoms with Crippen molar-refractivity contribution >= 4 is 11.8 Å². The molecule has 0 aromatic carbocycles. The average molecular weight is 189 g/mol. The Hall–Kier alpha value is -1.47. The zero-order valence-corrected chi connectivity index (χ0v) is 8.86. The van der Waals surface area contributed by atoms with Crippen molar-refractivity contribution in [1.29, 1.82) is 0 Å². The quantitative estimate of drug-likeness (QED) is 0.659. The van der Waals surface area contributed by atoms with E-state index in [1.54, 1.807) is 6.20 Å². The number of aromatic nitrogens is 1. The Morgan fingerprint density at radius 1 is 1.36 bits per heavy atom. The molecule has 0 saturated carbocycles. The first kappa shape index (κ1) is 10.6. The summed E-state index contributed by atoms with van der Waals surface area (Å²) in [6, 6.07) is 8.20. The van der Waals surface area contributed by atoms with E-state index < -0.39 is 0 Å². The molecule has 0 unspecified atom stereocenters. The number of pyridine rings is 1. The highest BCUT2D eigenvalue weighted by atomic mass is 14.9. The van der Waals surface area contributed by atoms with Crippen LogP contribution in [0.5, 0.6) is 0 Å². The molecular weight excluding hydrogens is 174 g/mol. The molecule has 1 aromatic rings. The summed E-state index contributed by atoms with van der Waals surface area (Å²) in [5, 5.41) is 0. The Morgan fingerprint density at radius 2 is 2.14 bits per heavy atom. The predicted molar refractivity (Wildman–Crippen MR) is 58.1 cm³/mol. The van der Waals surface area contributed by atoms with Crippen LogP contribution >= 0.6 is 0 Å². The fourth-order valence-electron chi connectivity index (χ4n) is 0.779. The molecule has 0 aliphatic carbocycles. The number of rotatable bonds is 2. The number of nitrogens with zero attached hydrogens (tertiary/aromatic N) is 3. The second-order valence-electron chi connectivity index (χ2n) is 4.28. The molecule has 0 bridgehead atoms. The third-order valence-electron chi connectivity index (χ3n) is 1.44. The number of hydrogen-bond acceptors (Lipinski definition) is 3. The first-order valence-electron chi connectivity index (χ1n) is 4.61. The average Bonchev–Trinajstić information content (AvgIpc) is 2.13. The molecule has 0 N–H and O–H groups in total. The van der Waals surface area contributed by atoms with Crippen LogP contribution in [-0.2, 0) is 0 Å². The molecule has 74 valence electrons. The van der Waals surface area contributed by atoms with Gasteiger partial charge in [-0.05, 0) is 17.5 Å². The lowest BCUT2D eigenvalue weighted by Crippen LogP contribution is -2.08. The molecule has 0 radical (unpaired) electrons. The van der Waals surface area contributed by atoms with Crippen LogP contribution in [0.3, 0.4) is 0 Å². The van der Waals surface area contributed by atoms with Gasteiger partial charge in [-0.25, -0.2) is 9.98 Å². The highest BCUT2D eigenvalue weighted by Crippen LogP contribution is 2.12. The van der Waals surface area contributed by atoms with Crippen molar-refractivity contribution in [3.8, 4) is 0 Å². The fraction of sp³-hybridized carbons (Fsp3) is 0.455. The van der Waals surface area contributed by atoms with E-state index in [1.165, 1.54) is 0 Å². The van der Waals surface area contributed by atoms with E-state index in [0.29, 0.717) is 5.82 Å². The van der Waals surface area contributed by atoms with Gasteiger partial charge >= 0.3 is 0 Å². The Morgan fingerprint density at radius 3 is 2.71 bits per heavy atom. The van der Waals surface area contributed by atoms with Crippen LogP contribution in [0, 0.1) is 5.41 Å². The summed E-state index contributed by atoms with van der Waals surface area (Å²) in [6.45, 7) is 7.10. The van der Waals surface area contributed by atoms with E-state index in [2.05, 4.69) is 41.7 Å². The second kappa shape index (κ2) is 4.68. The fourth-order valence-corrected chi connectivity index (χ4v) is 0.779. The van der Waals surface area contributed by atoms with E-state index in [0.717, 1.165) is 6.54 Å². The van der Waals surface area contributed by atoms with Crippen molar-refractivity contribution in [2.75, 3.05) is 6.54 Å². The first-order valence-corrected chi connectivity index (χ1v) is 4.61. The monoisotopic (exact) mass is 189 g/mol. The van der Waals surface area contributed by atoms with Crippen LogP contribution in [0.15, 0.2) is 34.4 Å². The number of hydrogen-bond donors (Lipinski definition) is 0. The molecule has 14 heavy (non-hydrogen) atoms. The molecule has 1 heterocycles. The summed E-state index contributed by atoms with van der Waals surface area (Å²) < 4.78 is 0. The smallest absolute Gasteiger partial charge is 0.163 e. The summed E-state index contributed by atoms with van der Waals surface area (Å²) in [4.78, 5) is 12.1. The van der Waals surface area contributed by atoms with Crippen molar-refractivity contribution in [3.05, 3.63) is 24.4 Å². The largest absolute Gasteiger partial charge is 0.236 e. The van der Waals surface area contributed by atoms with Gasteiger partial charge in [-0.1, -0.05) is 26.8 Å². The maximum Gasteiger partial charge on any atom is 0.163 e. The Bertz CT molecular complexity index is 329. The van der Waals surface area contributed by atoms with Gasteiger partial charge in [0, 0.05) is 6.20 Å². The van der Waals surface area contributed by atoms with E-state index in [4.69, 9.17) is 0 Å². The summed E-state index contributed by atoms with van der Waals surface area (Å²) in [6.07, 6.45) is 1.70. The Balaban J connectivity index is 2.57. The zero-order chi connectivity index (χ0) is 10.4. The molecule has 0 fully saturated rings. The van der Waals surface area contributed by atoms with Gasteiger partial charge in [-0.3, -0.25) is 0 Å². The normalized spacial score (nSPS) is 10.5. The molecule has 0 spiro atoms. The van der Waals surface area contributed by atoms with Gasteiger partial charge in [0.1, 0.15) is 0 Å². The van der Waals surface area contributed by atoms with E-state index in [9.17, 15) is 0 Å². The van der Waals surface area contributed by atoms with Gasteiger partial charge < -0.3 is 0 Å². The van der Waals surface area contributed by atoms with Gasteiger partial charge in [-0.15, -0.1) is 0 Å². The van der Waals surface area contributed by atoms with Crippen molar-refractivity contribution in [1.82, 2.24) is 4.98 Å². The van der Waals surface area contributed by atoms with Crippen molar-refractivity contribution in [2.24, 2.45) is 15.4 Å². The maximum atomic E-state index is 4.08. The Kier molecular flexibility index (Phi) is 3.55. The second-order valence-corrected chi connectivity index (χ2v) is 4.28.